The van der Waals surface area contributed by atoms with Gasteiger partial charge in [0, 0.05) is 43.6 Å². The number of methoxy groups -OCH3 is 2. The Morgan fingerprint density at radius 3 is 2.32 bits per heavy atom. The van der Waals surface area contributed by atoms with Crippen molar-refractivity contribution in [1.29, 1.82) is 0 Å². The normalized spacial score (nSPS) is 15.4. The Morgan fingerprint density at radius 2 is 1.66 bits per heavy atom. The lowest BCUT2D eigenvalue weighted by atomic mass is 10.0. The van der Waals surface area contributed by atoms with Gasteiger partial charge in [-0.2, -0.15) is 0 Å². The molecule has 0 saturated carbocycles. The lowest BCUT2D eigenvalue weighted by molar-refractivity contribution is -0.139. The van der Waals surface area contributed by atoms with E-state index in [9.17, 15) is 9.59 Å². The minimum absolute atomic E-state index is 0.0223. The Morgan fingerprint density at radius 1 is 0.921 bits per heavy atom. The largest absolute Gasteiger partial charge is 0.497 e. The summed E-state index contributed by atoms with van der Waals surface area (Å²) in [6.07, 6.45) is 0.632. The average molecular weight is 537 g/mol. The monoisotopic (exact) mass is 536 g/mol. The molecule has 4 rings (SSSR count). The van der Waals surface area contributed by atoms with E-state index in [0.717, 1.165) is 48.9 Å². The number of hydrogen-bond donors (Lipinski definition) is 2. The Labute approximate surface area is 228 Å². The van der Waals surface area contributed by atoms with E-state index in [0.29, 0.717) is 13.0 Å². The van der Waals surface area contributed by atoms with Crippen molar-refractivity contribution >= 4 is 28.8 Å². The summed E-state index contributed by atoms with van der Waals surface area (Å²) in [7, 11) is 3.32. The van der Waals surface area contributed by atoms with E-state index >= 15 is 0 Å². The van der Waals surface area contributed by atoms with E-state index in [1.165, 1.54) is 4.88 Å². The van der Waals surface area contributed by atoms with Gasteiger partial charge in [-0.05, 0) is 54.6 Å². The maximum Gasteiger partial charge on any atom is 0.309 e. The number of amides is 2. The second kappa shape index (κ2) is 13.3. The summed E-state index contributed by atoms with van der Waals surface area (Å²) in [5.74, 6) is 0.430. The van der Waals surface area contributed by atoms with Gasteiger partial charge in [0.2, 0.25) is 0 Å². The van der Waals surface area contributed by atoms with Crippen LogP contribution in [0.4, 0.5) is 5.69 Å². The first-order valence-electron chi connectivity index (χ1n) is 12.9. The minimum Gasteiger partial charge on any atom is -0.497 e. The molecule has 0 spiro atoms. The Bertz CT molecular complexity index is 1180. The SMILES string of the molecule is COc1ccc(CCNC(=O)C(=O)N[C@H](C)[C@@H](c2cccs2)N2CCN(c3ccccc3OC)CC2)cc1. The number of rotatable bonds is 10. The number of thiophene rings is 1. The third-order valence-electron chi connectivity index (χ3n) is 6.87. The molecule has 3 aromatic rings. The number of carbonyl (C=O) groups excluding carboxylic acids is 2. The molecule has 9 heteroatoms. The van der Waals surface area contributed by atoms with Crippen LogP contribution in [0.5, 0.6) is 11.5 Å². The van der Waals surface area contributed by atoms with Crippen LogP contribution >= 0.6 is 11.3 Å². The highest BCUT2D eigenvalue weighted by molar-refractivity contribution is 7.10. The summed E-state index contributed by atoms with van der Waals surface area (Å²) in [5, 5.41) is 7.74. The third-order valence-corrected chi connectivity index (χ3v) is 7.81. The summed E-state index contributed by atoms with van der Waals surface area (Å²) in [6, 6.07) is 19.6. The number of ether oxygens (including phenoxy) is 2. The van der Waals surface area contributed by atoms with Crippen LogP contribution in [0, 0.1) is 0 Å². The molecule has 2 heterocycles. The van der Waals surface area contributed by atoms with E-state index in [1.807, 2.05) is 60.8 Å². The van der Waals surface area contributed by atoms with Gasteiger partial charge in [-0.25, -0.2) is 0 Å². The summed E-state index contributed by atoms with van der Waals surface area (Å²) in [6.45, 7) is 5.69. The molecule has 0 unspecified atom stereocenters. The molecule has 0 bridgehead atoms. The van der Waals surface area contributed by atoms with E-state index in [4.69, 9.17) is 9.47 Å². The maximum absolute atomic E-state index is 12.8. The molecule has 1 fully saturated rings. The molecule has 1 saturated heterocycles. The van der Waals surface area contributed by atoms with E-state index in [2.05, 4.69) is 32.6 Å². The predicted octanol–water partition coefficient (Wildman–Crippen LogP) is 3.49. The number of carbonyl (C=O) groups is 2. The maximum atomic E-state index is 12.8. The first kappa shape index (κ1) is 27.5. The first-order chi connectivity index (χ1) is 18.5. The number of piperazine rings is 1. The van der Waals surface area contributed by atoms with Crippen LogP contribution in [0.25, 0.3) is 0 Å². The van der Waals surface area contributed by atoms with Gasteiger partial charge in [0.15, 0.2) is 0 Å². The molecule has 202 valence electrons. The van der Waals surface area contributed by atoms with Crippen LogP contribution in [0.1, 0.15) is 23.4 Å². The molecule has 38 heavy (non-hydrogen) atoms. The summed E-state index contributed by atoms with van der Waals surface area (Å²) >= 11 is 1.67. The van der Waals surface area contributed by atoms with Crippen LogP contribution in [0.3, 0.4) is 0 Å². The van der Waals surface area contributed by atoms with Crippen molar-refractivity contribution in [1.82, 2.24) is 15.5 Å². The number of anilines is 1. The fourth-order valence-corrected chi connectivity index (χ4v) is 5.84. The van der Waals surface area contributed by atoms with Crippen molar-refractivity contribution in [2.45, 2.75) is 25.4 Å². The smallest absolute Gasteiger partial charge is 0.309 e. The van der Waals surface area contributed by atoms with Gasteiger partial charge in [0.1, 0.15) is 11.5 Å². The Kier molecular flexibility index (Phi) is 9.62. The molecule has 0 radical (unpaired) electrons. The molecule has 2 amide bonds. The van der Waals surface area contributed by atoms with E-state index in [1.54, 1.807) is 25.6 Å². The Hall–Kier alpha value is -3.56. The molecule has 8 nitrogen and oxygen atoms in total. The zero-order valence-corrected chi connectivity index (χ0v) is 23.0. The predicted molar refractivity (Wildman–Crippen MR) is 151 cm³/mol. The number of hydrogen-bond acceptors (Lipinski definition) is 7. The molecule has 2 atom stereocenters. The van der Waals surface area contributed by atoms with Gasteiger partial charge >= 0.3 is 11.8 Å². The Balaban J connectivity index is 1.33. The van der Waals surface area contributed by atoms with Crippen molar-refractivity contribution in [2.24, 2.45) is 0 Å². The highest BCUT2D eigenvalue weighted by Crippen LogP contribution is 2.32. The van der Waals surface area contributed by atoms with Crippen LogP contribution in [0.2, 0.25) is 0 Å². The second-order valence-corrected chi connectivity index (χ2v) is 10.3. The van der Waals surface area contributed by atoms with Crippen molar-refractivity contribution < 1.29 is 19.1 Å². The quantitative estimate of drug-likeness (QED) is 0.386. The van der Waals surface area contributed by atoms with Crippen molar-refractivity contribution in [3.8, 4) is 11.5 Å². The van der Waals surface area contributed by atoms with Gasteiger partial charge < -0.3 is 25.0 Å². The lowest BCUT2D eigenvalue weighted by Gasteiger charge is -2.42. The van der Waals surface area contributed by atoms with E-state index < -0.39 is 11.8 Å². The van der Waals surface area contributed by atoms with Crippen LogP contribution in [-0.2, 0) is 16.0 Å². The summed E-state index contributed by atoms with van der Waals surface area (Å²) in [4.78, 5) is 31.2. The van der Waals surface area contributed by atoms with Crippen molar-refractivity contribution in [3.05, 3.63) is 76.5 Å². The standard InChI is InChI=1S/C29H36N4O4S/c1-21(31-29(35)28(34)30-15-14-22-10-12-23(36-2)13-11-22)27(26-9-6-20-38-26)33-18-16-32(17-19-33)24-7-4-5-8-25(24)37-3/h4-13,20-21,27H,14-19H2,1-3H3,(H,30,34)(H,31,35)/t21-,27+/m1/s1. The molecular formula is C29H36N4O4S. The fourth-order valence-electron chi connectivity index (χ4n) is 4.88. The van der Waals surface area contributed by atoms with Gasteiger partial charge in [-0.15, -0.1) is 11.3 Å². The zero-order valence-electron chi connectivity index (χ0n) is 22.2. The average Bonchev–Trinajstić information content (AvgIpc) is 3.48. The molecule has 1 aliphatic rings. The molecule has 2 aromatic carbocycles. The van der Waals surface area contributed by atoms with Crippen LogP contribution in [0.15, 0.2) is 66.0 Å². The van der Waals surface area contributed by atoms with Crippen molar-refractivity contribution in [3.63, 3.8) is 0 Å². The molecule has 0 aliphatic carbocycles. The summed E-state index contributed by atoms with van der Waals surface area (Å²) < 4.78 is 10.7. The highest BCUT2D eigenvalue weighted by Gasteiger charge is 2.32. The van der Waals surface area contributed by atoms with E-state index in [-0.39, 0.29) is 12.1 Å². The molecular weight excluding hydrogens is 500 g/mol. The van der Waals surface area contributed by atoms with Gasteiger partial charge in [0.05, 0.1) is 25.9 Å². The number of benzene rings is 2. The number of para-hydroxylation sites is 2. The fraction of sp³-hybridized carbons (Fsp3) is 0.379. The van der Waals surface area contributed by atoms with Crippen molar-refractivity contribution in [2.75, 3.05) is 51.8 Å². The first-order valence-corrected chi connectivity index (χ1v) is 13.7. The van der Waals surface area contributed by atoms with Gasteiger partial charge in [0.25, 0.3) is 0 Å². The highest BCUT2D eigenvalue weighted by atomic mass is 32.1. The molecule has 1 aliphatic heterocycles. The number of nitrogens with zero attached hydrogens (tertiary/aromatic N) is 2. The molecule has 1 aromatic heterocycles. The van der Waals surface area contributed by atoms with Gasteiger partial charge in [-0.3, -0.25) is 14.5 Å². The summed E-state index contributed by atoms with van der Waals surface area (Å²) in [5.41, 5.74) is 2.15. The third kappa shape index (κ3) is 6.85. The zero-order chi connectivity index (χ0) is 26.9. The second-order valence-electron chi connectivity index (χ2n) is 9.27. The lowest BCUT2D eigenvalue weighted by Crippen LogP contribution is -2.53. The molecule has 2 N–H and O–H groups in total. The number of nitrogens with one attached hydrogen (secondary N) is 2. The van der Waals surface area contributed by atoms with Gasteiger partial charge in [-0.1, -0.05) is 30.3 Å². The minimum atomic E-state index is -0.615. The van der Waals surface area contributed by atoms with Crippen LogP contribution in [-0.4, -0.2) is 69.7 Å². The topological polar surface area (TPSA) is 83.1 Å². The van der Waals surface area contributed by atoms with Crippen LogP contribution < -0.4 is 25.0 Å².